The zero-order valence-corrected chi connectivity index (χ0v) is 7.77. The molecule has 5 heteroatoms. The van der Waals surface area contributed by atoms with Gasteiger partial charge in [0, 0.05) is 11.1 Å². The summed E-state index contributed by atoms with van der Waals surface area (Å²) in [6.07, 6.45) is 3.01. The lowest BCUT2D eigenvalue weighted by molar-refractivity contribution is 0.570. The fourth-order valence-electron chi connectivity index (χ4n) is 1.56. The highest BCUT2D eigenvalue weighted by Gasteiger charge is 2.10. The third-order valence-electron chi connectivity index (χ3n) is 2.25. The van der Waals surface area contributed by atoms with Gasteiger partial charge in [-0.1, -0.05) is 0 Å². The zero-order chi connectivity index (χ0) is 10.3. The molecule has 0 aliphatic carbocycles. The molecule has 0 aliphatic heterocycles. The Bertz CT molecular complexity index is 597. The highest BCUT2D eigenvalue weighted by atomic mass is 16.3. The van der Waals surface area contributed by atoms with Crippen LogP contribution >= 0.6 is 0 Å². The molecular formula is C10H8N4O. The molecule has 0 fully saturated rings. The molecule has 0 spiro atoms. The first kappa shape index (κ1) is 8.05. The van der Waals surface area contributed by atoms with Gasteiger partial charge >= 0.3 is 0 Å². The fourth-order valence-corrected chi connectivity index (χ4v) is 1.56. The van der Waals surface area contributed by atoms with Gasteiger partial charge in [0.25, 0.3) is 0 Å². The van der Waals surface area contributed by atoms with Crippen molar-refractivity contribution in [1.82, 2.24) is 15.2 Å². The smallest absolute Gasteiger partial charge is 0.181 e. The van der Waals surface area contributed by atoms with Crippen molar-refractivity contribution in [2.24, 2.45) is 0 Å². The molecule has 2 heterocycles. The van der Waals surface area contributed by atoms with E-state index in [9.17, 15) is 0 Å². The number of fused-ring (bicyclic) bond motifs is 1. The van der Waals surface area contributed by atoms with Crippen molar-refractivity contribution in [1.29, 1.82) is 0 Å². The van der Waals surface area contributed by atoms with E-state index >= 15 is 0 Å². The highest BCUT2D eigenvalue weighted by molar-refractivity contribution is 5.92. The number of aromatic amines is 1. The van der Waals surface area contributed by atoms with Crippen LogP contribution in [0.2, 0.25) is 0 Å². The number of hydrogen-bond donors (Lipinski definition) is 2. The van der Waals surface area contributed by atoms with Crippen molar-refractivity contribution in [2.75, 3.05) is 5.73 Å². The maximum atomic E-state index is 5.67. The van der Waals surface area contributed by atoms with Crippen LogP contribution in [0.15, 0.2) is 35.2 Å². The average Bonchev–Trinajstić information content (AvgIpc) is 2.82. The number of nitrogens with zero attached hydrogens (tertiary/aromatic N) is 2. The third-order valence-corrected chi connectivity index (χ3v) is 2.25. The second-order valence-electron chi connectivity index (χ2n) is 3.24. The molecule has 3 aromatic rings. The van der Waals surface area contributed by atoms with Crippen LogP contribution in [0.3, 0.4) is 0 Å². The second-order valence-corrected chi connectivity index (χ2v) is 3.24. The molecule has 0 amide bonds. The lowest BCUT2D eigenvalue weighted by Gasteiger charge is -1.93. The first-order valence-corrected chi connectivity index (χ1v) is 4.47. The highest BCUT2D eigenvalue weighted by Crippen LogP contribution is 2.26. The van der Waals surface area contributed by atoms with Gasteiger partial charge in [-0.05, 0) is 18.2 Å². The maximum Gasteiger partial charge on any atom is 0.181 e. The standard InChI is InChI=1S/C10H8N4O/c11-6-1-2-7-8(3-6)13-14-10(7)9-4-12-5-15-9/h1-5H,11H2,(H,13,14). The summed E-state index contributed by atoms with van der Waals surface area (Å²) in [5.74, 6) is 0.644. The number of hydrogen-bond acceptors (Lipinski definition) is 4. The minimum atomic E-state index is 0.644. The van der Waals surface area contributed by atoms with Gasteiger partial charge in [0.05, 0.1) is 11.7 Å². The molecule has 3 N–H and O–H groups in total. The summed E-state index contributed by atoms with van der Waals surface area (Å²) in [4.78, 5) is 3.86. The predicted molar refractivity (Wildman–Crippen MR) is 56.0 cm³/mol. The Morgan fingerprint density at radius 3 is 3.07 bits per heavy atom. The van der Waals surface area contributed by atoms with Gasteiger partial charge < -0.3 is 10.2 Å². The van der Waals surface area contributed by atoms with E-state index in [1.54, 1.807) is 6.20 Å². The SMILES string of the molecule is Nc1ccc2c(-c3cnco3)n[nH]c2c1. The van der Waals surface area contributed by atoms with E-state index in [2.05, 4.69) is 15.2 Å². The maximum absolute atomic E-state index is 5.67. The van der Waals surface area contributed by atoms with Gasteiger partial charge in [0.1, 0.15) is 5.69 Å². The van der Waals surface area contributed by atoms with E-state index in [-0.39, 0.29) is 0 Å². The largest absolute Gasteiger partial charge is 0.442 e. The molecule has 2 aromatic heterocycles. The molecular weight excluding hydrogens is 192 g/mol. The van der Waals surface area contributed by atoms with E-state index < -0.39 is 0 Å². The first-order chi connectivity index (χ1) is 7.34. The number of H-pyrrole nitrogens is 1. The van der Waals surface area contributed by atoms with Gasteiger partial charge in [-0.2, -0.15) is 5.10 Å². The molecule has 0 saturated heterocycles. The van der Waals surface area contributed by atoms with Crippen molar-refractivity contribution in [3.05, 3.63) is 30.8 Å². The van der Waals surface area contributed by atoms with Crippen LogP contribution in [0, 0.1) is 0 Å². The molecule has 0 unspecified atom stereocenters. The first-order valence-electron chi connectivity index (χ1n) is 4.47. The Balaban J connectivity index is 2.29. The van der Waals surface area contributed by atoms with Crippen LogP contribution in [-0.4, -0.2) is 15.2 Å². The Labute approximate surface area is 84.9 Å². The summed E-state index contributed by atoms with van der Waals surface area (Å²) in [6.45, 7) is 0. The summed E-state index contributed by atoms with van der Waals surface area (Å²) in [5.41, 5.74) is 8.01. The normalized spacial score (nSPS) is 10.9. The Kier molecular flexibility index (Phi) is 1.53. The van der Waals surface area contributed by atoms with Crippen LogP contribution in [-0.2, 0) is 0 Å². The molecule has 74 valence electrons. The van der Waals surface area contributed by atoms with Crippen molar-refractivity contribution >= 4 is 16.6 Å². The molecule has 0 saturated carbocycles. The zero-order valence-electron chi connectivity index (χ0n) is 7.77. The van der Waals surface area contributed by atoms with Gasteiger partial charge in [-0.25, -0.2) is 4.98 Å². The van der Waals surface area contributed by atoms with Crippen molar-refractivity contribution < 1.29 is 4.42 Å². The van der Waals surface area contributed by atoms with Gasteiger partial charge in [0.2, 0.25) is 0 Å². The number of anilines is 1. The predicted octanol–water partition coefficient (Wildman–Crippen LogP) is 1.80. The number of nitrogens with one attached hydrogen (secondary N) is 1. The molecule has 15 heavy (non-hydrogen) atoms. The average molecular weight is 200 g/mol. The minimum Gasteiger partial charge on any atom is -0.442 e. The summed E-state index contributed by atoms with van der Waals surface area (Å²) < 4.78 is 5.19. The van der Waals surface area contributed by atoms with Crippen LogP contribution in [0.25, 0.3) is 22.4 Å². The number of nitrogens with two attached hydrogens (primary N) is 1. The van der Waals surface area contributed by atoms with Gasteiger partial charge in [0.15, 0.2) is 12.2 Å². The van der Waals surface area contributed by atoms with E-state index in [4.69, 9.17) is 10.2 Å². The van der Waals surface area contributed by atoms with Crippen LogP contribution in [0.4, 0.5) is 5.69 Å². The van der Waals surface area contributed by atoms with Crippen LogP contribution in [0.1, 0.15) is 0 Å². The number of oxazole rings is 1. The van der Waals surface area contributed by atoms with E-state index in [1.807, 2.05) is 18.2 Å². The Hall–Kier alpha value is -2.30. The Morgan fingerprint density at radius 2 is 2.27 bits per heavy atom. The molecule has 0 atom stereocenters. The van der Waals surface area contributed by atoms with Crippen LogP contribution in [0.5, 0.6) is 0 Å². The van der Waals surface area contributed by atoms with E-state index in [1.165, 1.54) is 6.39 Å². The molecule has 0 bridgehead atoms. The Morgan fingerprint density at radius 1 is 1.33 bits per heavy atom. The topological polar surface area (TPSA) is 80.7 Å². The van der Waals surface area contributed by atoms with Crippen molar-refractivity contribution in [2.45, 2.75) is 0 Å². The van der Waals surface area contributed by atoms with Crippen molar-refractivity contribution in [3.8, 4) is 11.5 Å². The van der Waals surface area contributed by atoms with Crippen molar-refractivity contribution in [3.63, 3.8) is 0 Å². The fraction of sp³-hybridized carbons (Fsp3) is 0. The number of rotatable bonds is 1. The quantitative estimate of drug-likeness (QED) is 0.587. The molecule has 3 rings (SSSR count). The summed E-state index contributed by atoms with van der Waals surface area (Å²) >= 11 is 0. The van der Waals surface area contributed by atoms with E-state index in [0.717, 1.165) is 16.6 Å². The molecule has 1 aromatic carbocycles. The minimum absolute atomic E-state index is 0.644. The molecule has 0 aliphatic rings. The lowest BCUT2D eigenvalue weighted by Crippen LogP contribution is -1.82. The number of aromatic nitrogens is 3. The molecule has 0 radical (unpaired) electrons. The van der Waals surface area contributed by atoms with Gasteiger partial charge in [-0.3, -0.25) is 5.10 Å². The summed E-state index contributed by atoms with van der Waals surface area (Å²) in [5, 5.41) is 8.04. The second kappa shape index (κ2) is 2.84. The lowest BCUT2D eigenvalue weighted by atomic mass is 10.2. The number of nitrogen functional groups attached to an aromatic ring is 1. The molecule has 5 nitrogen and oxygen atoms in total. The van der Waals surface area contributed by atoms with Gasteiger partial charge in [-0.15, -0.1) is 0 Å². The summed E-state index contributed by atoms with van der Waals surface area (Å²) in [6, 6.07) is 5.58. The monoisotopic (exact) mass is 200 g/mol. The summed E-state index contributed by atoms with van der Waals surface area (Å²) in [7, 11) is 0. The van der Waals surface area contributed by atoms with E-state index in [0.29, 0.717) is 11.4 Å². The van der Waals surface area contributed by atoms with Crippen LogP contribution < -0.4 is 5.73 Å². The number of benzene rings is 1. The third kappa shape index (κ3) is 1.17.